The summed E-state index contributed by atoms with van der Waals surface area (Å²) in [6.07, 6.45) is 2.41. The average molecular weight is 262 g/mol. The highest BCUT2D eigenvalue weighted by molar-refractivity contribution is 5.86. The molecule has 100 valence electrons. The molecule has 2 aliphatic rings. The molecule has 1 fully saturated rings. The summed E-state index contributed by atoms with van der Waals surface area (Å²) in [6, 6.07) is 19.2. The Bertz CT molecular complexity index is 688. The highest BCUT2D eigenvalue weighted by Crippen LogP contribution is 2.59. The molecule has 0 radical (unpaired) electrons. The van der Waals surface area contributed by atoms with Crippen molar-refractivity contribution < 1.29 is 4.79 Å². The van der Waals surface area contributed by atoms with Crippen LogP contribution in [-0.2, 0) is 15.6 Å². The van der Waals surface area contributed by atoms with Crippen LogP contribution in [-0.4, -0.2) is 5.78 Å². The van der Waals surface area contributed by atoms with Crippen molar-refractivity contribution in [1.82, 2.24) is 0 Å². The second kappa shape index (κ2) is 3.82. The van der Waals surface area contributed by atoms with Gasteiger partial charge in [0.15, 0.2) is 0 Å². The third-order valence-corrected chi connectivity index (χ3v) is 5.20. The summed E-state index contributed by atoms with van der Waals surface area (Å²) in [5.74, 6) is 0.402. The molecule has 2 aromatic rings. The van der Waals surface area contributed by atoms with Crippen LogP contribution in [0.2, 0.25) is 0 Å². The zero-order chi connectivity index (χ0) is 13.8. The van der Waals surface area contributed by atoms with Gasteiger partial charge in [0.2, 0.25) is 0 Å². The van der Waals surface area contributed by atoms with Gasteiger partial charge in [-0.25, -0.2) is 0 Å². The SMILES string of the molecule is C[C@]12CC(=O)C[C@](c3ccccc3)(C1)c1ccccc12. The summed E-state index contributed by atoms with van der Waals surface area (Å²) >= 11 is 0. The highest BCUT2D eigenvalue weighted by Gasteiger charge is 2.55. The number of rotatable bonds is 1. The van der Waals surface area contributed by atoms with Crippen LogP contribution < -0.4 is 0 Å². The highest BCUT2D eigenvalue weighted by atomic mass is 16.1. The van der Waals surface area contributed by atoms with Crippen LogP contribution in [0.3, 0.4) is 0 Å². The Labute approximate surface area is 119 Å². The molecule has 2 bridgehead atoms. The lowest BCUT2D eigenvalue weighted by molar-refractivity contribution is -0.122. The van der Waals surface area contributed by atoms with Crippen molar-refractivity contribution in [1.29, 1.82) is 0 Å². The molecular formula is C19H18O. The van der Waals surface area contributed by atoms with E-state index in [0.29, 0.717) is 18.6 Å². The Morgan fingerprint density at radius 1 is 0.850 bits per heavy atom. The zero-order valence-corrected chi connectivity index (χ0v) is 11.7. The molecule has 0 heterocycles. The van der Waals surface area contributed by atoms with Gasteiger partial charge in [-0.1, -0.05) is 61.5 Å². The molecule has 1 nitrogen and oxygen atoms in total. The molecule has 0 aromatic heterocycles. The summed E-state index contributed by atoms with van der Waals surface area (Å²) in [5.41, 5.74) is 3.97. The first kappa shape index (κ1) is 11.9. The molecule has 2 aromatic carbocycles. The van der Waals surface area contributed by atoms with Crippen LogP contribution in [0.1, 0.15) is 42.9 Å². The van der Waals surface area contributed by atoms with Gasteiger partial charge in [0.25, 0.3) is 0 Å². The number of hydrogen-bond donors (Lipinski definition) is 0. The van der Waals surface area contributed by atoms with E-state index in [1.54, 1.807) is 0 Å². The van der Waals surface area contributed by atoms with Gasteiger partial charge in [0, 0.05) is 23.7 Å². The molecule has 0 aliphatic heterocycles. The van der Waals surface area contributed by atoms with Crippen LogP contribution in [0.15, 0.2) is 54.6 Å². The fourth-order valence-electron chi connectivity index (χ4n) is 4.55. The molecule has 0 unspecified atom stereocenters. The van der Waals surface area contributed by atoms with Crippen LogP contribution >= 0.6 is 0 Å². The predicted molar refractivity (Wildman–Crippen MR) is 79.9 cm³/mol. The number of Topliss-reactive ketones (excluding diaryl/α,β-unsaturated/α-hetero) is 1. The van der Waals surface area contributed by atoms with Crippen molar-refractivity contribution in [3.8, 4) is 0 Å². The van der Waals surface area contributed by atoms with Crippen molar-refractivity contribution in [3.05, 3.63) is 71.3 Å². The number of carbonyl (C=O) groups is 1. The molecule has 20 heavy (non-hydrogen) atoms. The van der Waals surface area contributed by atoms with Gasteiger partial charge >= 0.3 is 0 Å². The quantitative estimate of drug-likeness (QED) is 0.759. The molecule has 0 spiro atoms. The van der Waals surface area contributed by atoms with E-state index in [2.05, 4.69) is 55.5 Å². The zero-order valence-electron chi connectivity index (χ0n) is 11.7. The van der Waals surface area contributed by atoms with Crippen molar-refractivity contribution in [2.75, 3.05) is 0 Å². The topological polar surface area (TPSA) is 17.1 Å². The minimum atomic E-state index is -0.0953. The molecule has 2 aliphatic carbocycles. The first-order valence-corrected chi connectivity index (χ1v) is 7.31. The Kier molecular flexibility index (Phi) is 2.27. The van der Waals surface area contributed by atoms with E-state index < -0.39 is 0 Å². The first-order valence-electron chi connectivity index (χ1n) is 7.31. The molecule has 0 N–H and O–H groups in total. The van der Waals surface area contributed by atoms with Crippen LogP contribution in [0.25, 0.3) is 0 Å². The Morgan fingerprint density at radius 2 is 1.50 bits per heavy atom. The van der Waals surface area contributed by atoms with Gasteiger partial charge in [0.1, 0.15) is 5.78 Å². The van der Waals surface area contributed by atoms with Gasteiger partial charge in [0.05, 0.1) is 0 Å². The summed E-state index contributed by atoms with van der Waals surface area (Å²) in [5, 5.41) is 0. The van der Waals surface area contributed by atoms with Crippen molar-refractivity contribution in [2.24, 2.45) is 0 Å². The second-order valence-corrected chi connectivity index (χ2v) is 6.62. The lowest BCUT2D eigenvalue weighted by Crippen LogP contribution is -2.37. The van der Waals surface area contributed by atoms with Gasteiger partial charge in [-0.3, -0.25) is 4.79 Å². The van der Waals surface area contributed by atoms with Gasteiger partial charge in [-0.2, -0.15) is 0 Å². The Balaban J connectivity index is 2.02. The van der Waals surface area contributed by atoms with Crippen LogP contribution in [0.4, 0.5) is 0 Å². The van der Waals surface area contributed by atoms with E-state index in [9.17, 15) is 4.79 Å². The summed E-state index contributed by atoms with van der Waals surface area (Å²) in [7, 11) is 0. The van der Waals surface area contributed by atoms with Gasteiger partial charge < -0.3 is 0 Å². The van der Waals surface area contributed by atoms with Crippen LogP contribution in [0, 0.1) is 0 Å². The smallest absolute Gasteiger partial charge is 0.135 e. The standard InChI is InChI=1S/C19H18O/c1-18-11-15(20)12-19(13-18,14-7-3-2-4-8-14)17-10-6-5-9-16(17)18/h2-10H,11-13H2,1H3/t18-,19+/m0/s1. The molecule has 0 saturated heterocycles. The van der Waals surface area contributed by atoms with Crippen molar-refractivity contribution in [2.45, 2.75) is 37.0 Å². The molecular weight excluding hydrogens is 244 g/mol. The van der Waals surface area contributed by atoms with E-state index in [0.717, 1.165) is 6.42 Å². The number of benzene rings is 2. The van der Waals surface area contributed by atoms with E-state index in [1.165, 1.54) is 16.7 Å². The second-order valence-electron chi connectivity index (χ2n) is 6.62. The van der Waals surface area contributed by atoms with Crippen molar-refractivity contribution >= 4 is 5.78 Å². The monoisotopic (exact) mass is 262 g/mol. The molecule has 2 atom stereocenters. The van der Waals surface area contributed by atoms with E-state index in [1.807, 2.05) is 6.07 Å². The number of ketones is 1. The predicted octanol–water partition coefficient (Wildman–Crippen LogP) is 4.00. The minimum absolute atomic E-state index is 0.0156. The maximum atomic E-state index is 12.4. The van der Waals surface area contributed by atoms with Crippen LogP contribution in [0.5, 0.6) is 0 Å². The fraction of sp³-hybridized carbons (Fsp3) is 0.316. The summed E-state index contributed by atoms with van der Waals surface area (Å²) in [6.45, 7) is 2.26. The number of carbonyl (C=O) groups excluding carboxylic acids is 1. The fourth-order valence-corrected chi connectivity index (χ4v) is 4.55. The maximum absolute atomic E-state index is 12.4. The largest absolute Gasteiger partial charge is 0.300 e. The molecule has 0 amide bonds. The van der Waals surface area contributed by atoms with E-state index in [-0.39, 0.29) is 10.8 Å². The maximum Gasteiger partial charge on any atom is 0.135 e. The van der Waals surface area contributed by atoms with Gasteiger partial charge in [-0.15, -0.1) is 0 Å². The molecule has 4 rings (SSSR count). The first-order chi connectivity index (χ1) is 9.64. The Hall–Kier alpha value is -1.89. The van der Waals surface area contributed by atoms with Crippen molar-refractivity contribution in [3.63, 3.8) is 0 Å². The van der Waals surface area contributed by atoms with E-state index >= 15 is 0 Å². The average Bonchev–Trinajstić information content (AvgIpc) is 2.65. The Morgan fingerprint density at radius 3 is 2.25 bits per heavy atom. The minimum Gasteiger partial charge on any atom is -0.300 e. The third kappa shape index (κ3) is 1.41. The van der Waals surface area contributed by atoms with E-state index in [4.69, 9.17) is 0 Å². The summed E-state index contributed by atoms with van der Waals surface area (Å²) < 4.78 is 0. The molecule has 1 saturated carbocycles. The van der Waals surface area contributed by atoms with Gasteiger partial charge in [-0.05, 0) is 23.1 Å². The number of hydrogen-bond acceptors (Lipinski definition) is 1. The lowest BCUT2D eigenvalue weighted by atomic mass is 9.64. The number of fused-ring (bicyclic) bond motifs is 5. The third-order valence-electron chi connectivity index (χ3n) is 5.20. The lowest BCUT2D eigenvalue weighted by Gasteiger charge is -2.38. The normalized spacial score (nSPS) is 31.1. The summed E-state index contributed by atoms with van der Waals surface area (Å²) in [4.78, 5) is 12.4. The molecule has 1 heteroatoms.